The number of rotatable bonds is 12. The van der Waals surface area contributed by atoms with Crippen LogP contribution in [-0.4, -0.2) is 113 Å². The largest absolute Gasteiger partial charge is 0.508 e. The van der Waals surface area contributed by atoms with Crippen LogP contribution in [0.5, 0.6) is 23.0 Å². The lowest BCUT2D eigenvalue weighted by atomic mass is 9.97. The molecule has 3 aliphatic rings. The van der Waals surface area contributed by atoms with Crippen LogP contribution in [0.25, 0.3) is 39.4 Å². The van der Waals surface area contributed by atoms with E-state index in [4.69, 9.17) is 19.2 Å². The number of fused-ring (bicyclic) bond motifs is 5. The van der Waals surface area contributed by atoms with Crippen molar-refractivity contribution in [1.29, 1.82) is 0 Å². The average Bonchev–Trinajstić information content (AvgIpc) is 3.94. The monoisotopic (exact) mass is 940 g/mol. The molecule has 0 aliphatic carbocycles. The molecular weight excluding hydrogens is 889 g/mol. The maximum atomic E-state index is 13.5. The van der Waals surface area contributed by atoms with Gasteiger partial charge in [0.2, 0.25) is 11.7 Å². The van der Waals surface area contributed by atoms with E-state index in [1.54, 1.807) is 82.6 Å². The van der Waals surface area contributed by atoms with E-state index in [-0.39, 0.29) is 83.9 Å². The molecule has 3 aromatic heterocycles. The van der Waals surface area contributed by atoms with Gasteiger partial charge in [0.25, 0.3) is 11.5 Å². The smallest absolute Gasteiger partial charge is 0.414 e. The lowest BCUT2D eigenvalue weighted by Gasteiger charge is -2.32. The molecule has 9 rings (SSSR count). The minimum absolute atomic E-state index is 0.0184. The SMILES string of the molecule is CCNC(=O)c1nnc(-c2cc(C(C)C)c(O)cc2O)n1-c1ccc(OC2CCN(C(=O)CCN(C)C(=O)Oc3ccc4nc5c(c(CC)c4c3)Cn3c-5cc4c(c3=O)COC(=O)[C@H]4O)CC2)cc1. The van der Waals surface area contributed by atoms with Crippen LogP contribution in [0.1, 0.15) is 97.4 Å². The molecular formula is C50H52N8O11. The molecule has 69 heavy (non-hydrogen) atoms. The Morgan fingerprint density at radius 1 is 0.942 bits per heavy atom. The number of amides is 3. The number of carbonyl (C=O) groups excluding carboxylic acids is 4. The molecule has 4 N–H and O–H groups in total. The summed E-state index contributed by atoms with van der Waals surface area (Å²) in [7, 11) is 1.57. The van der Waals surface area contributed by atoms with E-state index in [1.807, 2.05) is 20.8 Å². The number of aliphatic hydroxyl groups is 1. The Morgan fingerprint density at radius 2 is 1.68 bits per heavy atom. The summed E-state index contributed by atoms with van der Waals surface area (Å²) in [6.07, 6.45) is -0.483. The number of aromatic hydroxyl groups is 2. The minimum Gasteiger partial charge on any atom is -0.508 e. The predicted octanol–water partition coefficient (Wildman–Crippen LogP) is 5.50. The Bertz CT molecular complexity index is 3100. The average molecular weight is 941 g/mol. The van der Waals surface area contributed by atoms with E-state index < -0.39 is 24.1 Å². The fourth-order valence-corrected chi connectivity index (χ4v) is 9.26. The number of aliphatic hydroxyl groups excluding tert-OH is 1. The highest BCUT2D eigenvalue weighted by Crippen LogP contribution is 2.40. The number of pyridine rings is 2. The molecule has 0 spiro atoms. The van der Waals surface area contributed by atoms with Gasteiger partial charge in [-0.3, -0.25) is 19.0 Å². The third-order valence-electron chi connectivity index (χ3n) is 13.0. The fraction of sp³-hybridized carbons (Fsp3) is 0.360. The Balaban J connectivity index is 0.798. The van der Waals surface area contributed by atoms with Crippen LogP contribution in [0, 0.1) is 0 Å². The standard InChI is InChI=1S/C50H52N8O11/c1-6-31-33-20-30(12-13-38(33)52-43-36(31)24-57-39(43)22-34-37(48(57)64)25-67-49(65)44(34)62)69-50(66)55(5)17-16-42(61)56-18-14-29(15-19-56)68-28-10-8-27(9-11-28)58-45(53-54-46(58)47(63)51-7-2)35-21-32(26(3)4)40(59)23-41(35)60/h8-13,20-23,26,29,44,59-60,62H,6-7,14-19,24-25H2,1-5H3,(H,51,63)/t44-/m0/s1. The molecule has 0 unspecified atom stereocenters. The fourth-order valence-electron chi connectivity index (χ4n) is 9.26. The van der Waals surface area contributed by atoms with Crippen molar-refractivity contribution < 1.29 is 48.7 Å². The number of hydrogen-bond donors (Lipinski definition) is 4. The van der Waals surface area contributed by atoms with Gasteiger partial charge in [-0.2, -0.15) is 0 Å². The second-order valence-electron chi connectivity index (χ2n) is 17.7. The Kier molecular flexibility index (Phi) is 12.6. The molecule has 1 saturated heterocycles. The van der Waals surface area contributed by atoms with Crippen LogP contribution in [-0.2, 0) is 33.9 Å². The molecule has 3 amide bonds. The van der Waals surface area contributed by atoms with Crippen molar-refractivity contribution in [3.05, 3.63) is 105 Å². The van der Waals surface area contributed by atoms with Crippen molar-refractivity contribution in [3.8, 4) is 51.5 Å². The number of benzene rings is 3. The number of aromatic nitrogens is 5. The quantitative estimate of drug-likeness (QED) is 0.111. The maximum absolute atomic E-state index is 13.5. The number of cyclic esters (lactones) is 1. The summed E-state index contributed by atoms with van der Waals surface area (Å²) in [6.45, 7) is 9.09. The summed E-state index contributed by atoms with van der Waals surface area (Å²) >= 11 is 0. The third-order valence-corrected chi connectivity index (χ3v) is 13.0. The highest BCUT2D eigenvalue weighted by Gasteiger charge is 2.35. The summed E-state index contributed by atoms with van der Waals surface area (Å²) in [5.41, 5.74) is 5.05. The van der Waals surface area contributed by atoms with E-state index in [2.05, 4.69) is 15.5 Å². The van der Waals surface area contributed by atoms with Crippen LogP contribution in [0.3, 0.4) is 0 Å². The molecule has 19 heteroatoms. The third kappa shape index (κ3) is 8.69. The van der Waals surface area contributed by atoms with Crippen molar-refractivity contribution in [2.75, 3.05) is 33.2 Å². The summed E-state index contributed by atoms with van der Waals surface area (Å²) < 4.78 is 20.2. The Labute approximate surface area is 395 Å². The minimum atomic E-state index is -1.55. The number of nitrogens with one attached hydrogen (secondary N) is 1. The first-order valence-corrected chi connectivity index (χ1v) is 23.0. The van der Waals surface area contributed by atoms with Crippen molar-refractivity contribution in [2.45, 2.75) is 84.7 Å². The van der Waals surface area contributed by atoms with Gasteiger partial charge in [0, 0.05) is 80.8 Å². The number of likely N-dealkylation sites (tertiary alicyclic amines) is 1. The van der Waals surface area contributed by atoms with Crippen molar-refractivity contribution >= 4 is 34.8 Å². The van der Waals surface area contributed by atoms with Gasteiger partial charge in [-0.05, 0) is 85.0 Å². The van der Waals surface area contributed by atoms with Crippen molar-refractivity contribution in [1.82, 2.24) is 39.4 Å². The summed E-state index contributed by atoms with van der Waals surface area (Å²) in [6, 6.07) is 16.8. The number of aryl methyl sites for hydroxylation is 1. The van der Waals surface area contributed by atoms with Gasteiger partial charge < -0.3 is 49.2 Å². The molecule has 6 aromatic rings. The first-order valence-electron chi connectivity index (χ1n) is 23.0. The van der Waals surface area contributed by atoms with E-state index in [0.717, 1.165) is 16.5 Å². The van der Waals surface area contributed by atoms with Crippen LogP contribution in [0.2, 0.25) is 0 Å². The molecule has 6 heterocycles. The summed E-state index contributed by atoms with van der Waals surface area (Å²) in [4.78, 5) is 73.2. The van der Waals surface area contributed by atoms with Gasteiger partial charge in [0.15, 0.2) is 11.9 Å². The molecule has 358 valence electrons. The zero-order valence-corrected chi connectivity index (χ0v) is 38.8. The Hall–Kier alpha value is -7.80. The summed E-state index contributed by atoms with van der Waals surface area (Å²) in [5.74, 6) is -0.553. The molecule has 0 saturated carbocycles. The molecule has 19 nitrogen and oxygen atoms in total. The van der Waals surface area contributed by atoms with E-state index >= 15 is 0 Å². The number of carbonyl (C=O) groups is 4. The zero-order chi connectivity index (χ0) is 48.8. The number of nitrogens with zero attached hydrogens (tertiary/aromatic N) is 7. The number of esters is 1. The van der Waals surface area contributed by atoms with E-state index in [0.29, 0.717) is 84.1 Å². The van der Waals surface area contributed by atoms with Crippen molar-refractivity contribution in [3.63, 3.8) is 0 Å². The van der Waals surface area contributed by atoms with E-state index in [1.165, 1.54) is 11.0 Å². The second-order valence-corrected chi connectivity index (χ2v) is 17.7. The molecule has 3 aromatic carbocycles. The van der Waals surface area contributed by atoms with Gasteiger partial charge in [-0.15, -0.1) is 10.2 Å². The maximum Gasteiger partial charge on any atom is 0.414 e. The molecule has 3 aliphatic heterocycles. The first-order chi connectivity index (χ1) is 33.1. The zero-order valence-electron chi connectivity index (χ0n) is 38.8. The van der Waals surface area contributed by atoms with Gasteiger partial charge in [0.05, 0.1) is 34.6 Å². The van der Waals surface area contributed by atoms with Gasteiger partial charge in [0.1, 0.15) is 35.7 Å². The highest BCUT2D eigenvalue weighted by molar-refractivity contribution is 5.93. The van der Waals surface area contributed by atoms with Crippen LogP contribution < -0.4 is 20.3 Å². The van der Waals surface area contributed by atoms with Crippen LogP contribution >= 0.6 is 0 Å². The van der Waals surface area contributed by atoms with Crippen LogP contribution in [0.4, 0.5) is 4.79 Å². The van der Waals surface area contributed by atoms with Gasteiger partial charge in [-0.25, -0.2) is 14.6 Å². The predicted molar refractivity (Wildman–Crippen MR) is 250 cm³/mol. The highest BCUT2D eigenvalue weighted by atomic mass is 16.6. The van der Waals surface area contributed by atoms with Crippen LogP contribution in [0.15, 0.2) is 65.5 Å². The molecule has 1 atom stereocenters. The molecule has 1 fully saturated rings. The molecule has 0 bridgehead atoms. The van der Waals surface area contributed by atoms with E-state index in [9.17, 15) is 39.3 Å². The number of phenolic OH excluding ortho intramolecular Hbond substituents is 2. The lowest BCUT2D eigenvalue weighted by Crippen LogP contribution is -2.43. The number of hydrogen-bond acceptors (Lipinski definition) is 14. The summed E-state index contributed by atoms with van der Waals surface area (Å²) in [5, 5.41) is 43.8. The number of phenols is 2. The topological polar surface area (TPSA) is 241 Å². The number of ether oxygens (including phenoxy) is 3. The second kappa shape index (κ2) is 18.7. The number of piperidine rings is 1. The Morgan fingerprint density at radius 3 is 2.39 bits per heavy atom. The first kappa shape index (κ1) is 46.3. The van der Waals surface area contributed by atoms with Crippen molar-refractivity contribution in [2.24, 2.45) is 0 Å². The molecule has 0 radical (unpaired) electrons. The lowest BCUT2D eigenvalue weighted by molar-refractivity contribution is -0.157. The van der Waals surface area contributed by atoms with Gasteiger partial charge >= 0.3 is 12.1 Å². The van der Waals surface area contributed by atoms with Gasteiger partial charge in [-0.1, -0.05) is 20.8 Å². The normalized spacial score (nSPS) is 15.4.